The Morgan fingerprint density at radius 3 is 2.76 bits per heavy atom. The van der Waals surface area contributed by atoms with Crippen LogP contribution in [0.1, 0.15) is 17.3 Å². The van der Waals surface area contributed by atoms with E-state index < -0.39 is 5.97 Å². The molecule has 1 N–H and O–H groups in total. The molecule has 92 valence electrons. The molecule has 1 aromatic rings. The lowest BCUT2D eigenvalue weighted by Gasteiger charge is -2.13. The van der Waals surface area contributed by atoms with Crippen molar-refractivity contribution in [3.63, 3.8) is 0 Å². The summed E-state index contributed by atoms with van der Waals surface area (Å²) in [4.78, 5) is 11.1. The number of carbonyl (C=O) groups is 1. The molecule has 0 aliphatic carbocycles. The normalized spacial score (nSPS) is 9.76. The van der Waals surface area contributed by atoms with Crippen molar-refractivity contribution in [3.05, 3.63) is 35.4 Å². The van der Waals surface area contributed by atoms with Gasteiger partial charge in [0.2, 0.25) is 0 Å². The maximum absolute atomic E-state index is 11.1. The summed E-state index contributed by atoms with van der Waals surface area (Å²) in [5, 5.41) is 9.35. The molecule has 0 heterocycles. The van der Waals surface area contributed by atoms with E-state index in [1.807, 2.05) is 0 Å². The molecule has 0 radical (unpaired) electrons. The van der Waals surface area contributed by atoms with Crippen LogP contribution in [0.3, 0.4) is 0 Å². The summed E-state index contributed by atoms with van der Waals surface area (Å²) in [6.45, 7) is 5.88. The van der Waals surface area contributed by atoms with Crippen LogP contribution in [0.15, 0.2) is 24.8 Å². The predicted octanol–water partition coefficient (Wildman–Crippen LogP) is 3.00. The predicted molar refractivity (Wildman–Crippen MR) is 65.3 cm³/mol. The average molecular weight is 257 g/mol. The number of benzene rings is 1. The first kappa shape index (κ1) is 13.4. The molecule has 0 aliphatic rings. The molecule has 0 saturated heterocycles. The highest BCUT2D eigenvalue weighted by Crippen LogP contribution is 2.35. The van der Waals surface area contributed by atoms with Crippen LogP contribution in [0.2, 0.25) is 5.02 Å². The first-order valence-electron chi connectivity index (χ1n) is 5.03. The van der Waals surface area contributed by atoms with E-state index >= 15 is 0 Å². The summed E-state index contributed by atoms with van der Waals surface area (Å²) in [7, 11) is 0. The molecule has 1 rings (SSSR count). The maximum atomic E-state index is 11.1. The number of hydrogen-bond acceptors (Lipinski definition) is 3. The molecule has 0 saturated carbocycles. The Bertz CT molecular complexity index is 429. The van der Waals surface area contributed by atoms with Gasteiger partial charge in [0.1, 0.15) is 12.2 Å². The summed E-state index contributed by atoms with van der Waals surface area (Å²) in [5.74, 6) is -0.629. The van der Waals surface area contributed by atoms with Gasteiger partial charge < -0.3 is 14.6 Å². The van der Waals surface area contributed by atoms with E-state index in [4.69, 9.17) is 26.2 Å². The zero-order chi connectivity index (χ0) is 12.8. The number of rotatable bonds is 6. The molecule has 4 nitrogen and oxygen atoms in total. The van der Waals surface area contributed by atoms with Crippen molar-refractivity contribution in [3.8, 4) is 11.5 Å². The van der Waals surface area contributed by atoms with Crippen LogP contribution in [0.25, 0.3) is 0 Å². The van der Waals surface area contributed by atoms with Gasteiger partial charge in [-0.25, -0.2) is 4.79 Å². The van der Waals surface area contributed by atoms with E-state index in [0.717, 1.165) is 0 Å². The van der Waals surface area contributed by atoms with E-state index in [2.05, 4.69) is 6.58 Å². The van der Waals surface area contributed by atoms with Gasteiger partial charge in [-0.05, 0) is 13.0 Å². The smallest absolute Gasteiger partial charge is 0.339 e. The maximum Gasteiger partial charge on any atom is 0.339 e. The second-order valence-electron chi connectivity index (χ2n) is 3.12. The molecule has 0 aromatic heterocycles. The number of carboxylic acids is 1. The molecule has 0 unspecified atom stereocenters. The molecule has 0 bridgehead atoms. The van der Waals surface area contributed by atoms with Crippen LogP contribution in [0.5, 0.6) is 11.5 Å². The molecule has 5 heteroatoms. The van der Waals surface area contributed by atoms with Crippen LogP contribution < -0.4 is 9.47 Å². The Balaban J connectivity index is 3.25. The summed E-state index contributed by atoms with van der Waals surface area (Å²) in [5.41, 5.74) is -0.0252. The van der Waals surface area contributed by atoms with Crippen LogP contribution in [-0.2, 0) is 0 Å². The fraction of sp³-hybridized carbons (Fsp3) is 0.250. The first-order valence-corrected chi connectivity index (χ1v) is 5.41. The second kappa shape index (κ2) is 6.15. The van der Waals surface area contributed by atoms with E-state index in [0.29, 0.717) is 12.4 Å². The third-order valence-electron chi connectivity index (χ3n) is 1.90. The molecule has 0 atom stereocenters. The average Bonchev–Trinajstić information content (AvgIpc) is 2.27. The van der Waals surface area contributed by atoms with E-state index in [9.17, 15) is 4.79 Å². The summed E-state index contributed by atoms with van der Waals surface area (Å²) < 4.78 is 10.6. The monoisotopic (exact) mass is 256 g/mol. The third-order valence-corrected chi connectivity index (χ3v) is 2.11. The molecule has 1 aromatic carbocycles. The Morgan fingerprint density at radius 2 is 2.24 bits per heavy atom. The Hall–Kier alpha value is -1.68. The fourth-order valence-electron chi connectivity index (χ4n) is 1.28. The van der Waals surface area contributed by atoms with Crippen LogP contribution in [0.4, 0.5) is 0 Å². The highest BCUT2D eigenvalue weighted by atomic mass is 35.5. The third kappa shape index (κ3) is 3.39. The lowest BCUT2D eigenvalue weighted by molar-refractivity contribution is 0.0691. The van der Waals surface area contributed by atoms with Crippen LogP contribution in [0, 0.1) is 0 Å². The summed E-state index contributed by atoms with van der Waals surface area (Å²) in [6.07, 6.45) is 1.52. The number of halogens is 1. The molecule has 17 heavy (non-hydrogen) atoms. The number of ether oxygens (including phenoxy) is 2. The molecular weight excluding hydrogens is 244 g/mol. The standard InChI is InChI=1S/C12H13ClO4/c1-3-5-17-11-9(12(14)15)6-8(13)7-10(11)16-4-2/h3,6-7H,1,4-5H2,2H3,(H,14,15). The lowest BCUT2D eigenvalue weighted by atomic mass is 10.2. The first-order chi connectivity index (χ1) is 8.10. The van der Waals surface area contributed by atoms with Gasteiger partial charge in [0.25, 0.3) is 0 Å². The zero-order valence-corrected chi connectivity index (χ0v) is 10.2. The SMILES string of the molecule is C=CCOc1c(OCC)cc(Cl)cc1C(=O)O. The second-order valence-corrected chi connectivity index (χ2v) is 3.55. The van der Waals surface area contributed by atoms with E-state index in [1.165, 1.54) is 18.2 Å². The molecular formula is C12H13ClO4. The lowest BCUT2D eigenvalue weighted by Crippen LogP contribution is -2.06. The topological polar surface area (TPSA) is 55.8 Å². The molecule has 0 fully saturated rings. The Morgan fingerprint density at radius 1 is 1.53 bits per heavy atom. The van der Waals surface area contributed by atoms with E-state index in [1.54, 1.807) is 6.92 Å². The molecule has 0 amide bonds. The Kier molecular flexibility index (Phi) is 4.84. The van der Waals surface area contributed by atoms with Crippen molar-refractivity contribution < 1.29 is 19.4 Å². The van der Waals surface area contributed by atoms with Crippen molar-refractivity contribution in [2.45, 2.75) is 6.92 Å². The van der Waals surface area contributed by atoms with Gasteiger partial charge in [-0.2, -0.15) is 0 Å². The minimum absolute atomic E-state index is 0.0252. The summed E-state index contributed by atoms with van der Waals surface area (Å²) >= 11 is 5.82. The minimum atomic E-state index is -1.12. The van der Waals surface area contributed by atoms with Gasteiger partial charge in [-0.15, -0.1) is 0 Å². The van der Waals surface area contributed by atoms with E-state index in [-0.39, 0.29) is 22.9 Å². The van der Waals surface area contributed by atoms with Gasteiger partial charge in [0.15, 0.2) is 11.5 Å². The van der Waals surface area contributed by atoms with Gasteiger partial charge in [0.05, 0.1) is 6.61 Å². The van der Waals surface area contributed by atoms with Crippen molar-refractivity contribution in [2.75, 3.05) is 13.2 Å². The number of carboxylic acid groups (broad SMARTS) is 1. The van der Waals surface area contributed by atoms with Crippen molar-refractivity contribution in [1.29, 1.82) is 0 Å². The fourth-order valence-corrected chi connectivity index (χ4v) is 1.49. The van der Waals surface area contributed by atoms with Crippen LogP contribution >= 0.6 is 11.6 Å². The largest absolute Gasteiger partial charge is 0.490 e. The highest BCUT2D eigenvalue weighted by Gasteiger charge is 2.18. The highest BCUT2D eigenvalue weighted by molar-refractivity contribution is 6.31. The number of aromatic carboxylic acids is 1. The number of hydrogen-bond donors (Lipinski definition) is 1. The zero-order valence-electron chi connectivity index (χ0n) is 9.40. The van der Waals surface area contributed by atoms with Crippen molar-refractivity contribution in [2.24, 2.45) is 0 Å². The van der Waals surface area contributed by atoms with Gasteiger partial charge in [0, 0.05) is 11.1 Å². The molecule has 0 spiro atoms. The molecule has 0 aliphatic heterocycles. The van der Waals surface area contributed by atoms with Gasteiger partial charge in [-0.1, -0.05) is 24.3 Å². The van der Waals surface area contributed by atoms with Gasteiger partial charge in [-0.3, -0.25) is 0 Å². The Labute approximate surface area is 104 Å². The van der Waals surface area contributed by atoms with Crippen molar-refractivity contribution >= 4 is 17.6 Å². The quantitative estimate of drug-likeness (QED) is 0.795. The summed E-state index contributed by atoms with van der Waals surface area (Å²) in [6, 6.07) is 2.85. The van der Waals surface area contributed by atoms with Gasteiger partial charge >= 0.3 is 5.97 Å². The van der Waals surface area contributed by atoms with Crippen LogP contribution in [-0.4, -0.2) is 24.3 Å². The minimum Gasteiger partial charge on any atom is -0.490 e. The van der Waals surface area contributed by atoms with Crippen molar-refractivity contribution in [1.82, 2.24) is 0 Å².